The lowest BCUT2D eigenvalue weighted by Gasteiger charge is -2.37. The molecule has 0 aromatic heterocycles. The van der Waals surface area contributed by atoms with Gasteiger partial charge in [-0.1, -0.05) is 0 Å². The Morgan fingerprint density at radius 1 is 1.64 bits per heavy atom. The Kier molecular flexibility index (Phi) is 2.50. The third-order valence-corrected chi connectivity index (χ3v) is 2.48. The SMILES string of the molecule is CC(N)C1(F)CCCN(C)C1. The van der Waals surface area contributed by atoms with Crippen molar-refractivity contribution >= 4 is 0 Å². The average Bonchev–Trinajstić information content (AvgIpc) is 1.86. The number of rotatable bonds is 1. The first-order valence-corrected chi connectivity index (χ1v) is 4.18. The molecule has 1 fully saturated rings. The van der Waals surface area contributed by atoms with Crippen LogP contribution in [0.4, 0.5) is 4.39 Å². The molecule has 2 N–H and O–H groups in total. The Hall–Kier alpha value is -0.150. The van der Waals surface area contributed by atoms with Gasteiger partial charge in [0, 0.05) is 12.6 Å². The quantitative estimate of drug-likeness (QED) is 0.614. The van der Waals surface area contributed by atoms with Crippen LogP contribution in [0.2, 0.25) is 0 Å². The van der Waals surface area contributed by atoms with E-state index >= 15 is 0 Å². The molecule has 2 atom stereocenters. The van der Waals surface area contributed by atoms with Crippen molar-refractivity contribution in [2.75, 3.05) is 20.1 Å². The number of nitrogens with zero attached hydrogens (tertiary/aromatic N) is 1. The maximum atomic E-state index is 13.8. The zero-order chi connectivity index (χ0) is 8.48. The van der Waals surface area contributed by atoms with Crippen LogP contribution in [0.3, 0.4) is 0 Å². The van der Waals surface area contributed by atoms with E-state index in [9.17, 15) is 4.39 Å². The van der Waals surface area contributed by atoms with E-state index in [1.807, 2.05) is 11.9 Å². The second-order valence-electron chi connectivity index (χ2n) is 3.66. The van der Waals surface area contributed by atoms with Crippen molar-refractivity contribution in [1.82, 2.24) is 4.90 Å². The third kappa shape index (κ3) is 1.91. The number of piperidine rings is 1. The van der Waals surface area contributed by atoms with Crippen molar-refractivity contribution in [1.29, 1.82) is 0 Å². The molecule has 1 aliphatic heterocycles. The molecular formula is C8H17FN2. The predicted octanol–water partition coefficient (Wildman–Crippen LogP) is 0.767. The summed E-state index contributed by atoms with van der Waals surface area (Å²) in [5.74, 6) is 0. The lowest BCUT2D eigenvalue weighted by atomic mass is 9.89. The molecule has 0 amide bonds. The van der Waals surface area contributed by atoms with Gasteiger partial charge >= 0.3 is 0 Å². The van der Waals surface area contributed by atoms with Crippen LogP contribution in [0, 0.1) is 0 Å². The fourth-order valence-corrected chi connectivity index (χ4v) is 1.62. The topological polar surface area (TPSA) is 29.3 Å². The average molecular weight is 160 g/mol. The van der Waals surface area contributed by atoms with E-state index in [0.717, 1.165) is 13.0 Å². The first kappa shape index (κ1) is 8.94. The van der Waals surface area contributed by atoms with Gasteiger partial charge in [-0.25, -0.2) is 4.39 Å². The van der Waals surface area contributed by atoms with E-state index in [2.05, 4.69) is 0 Å². The largest absolute Gasteiger partial charge is 0.325 e. The van der Waals surface area contributed by atoms with Crippen molar-refractivity contribution in [2.24, 2.45) is 5.73 Å². The third-order valence-electron chi connectivity index (χ3n) is 2.48. The number of likely N-dealkylation sites (tertiary alicyclic amines) is 1. The van der Waals surface area contributed by atoms with Crippen LogP contribution in [0.25, 0.3) is 0 Å². The molecule has 1 saturated heterocycles. The van der Waals surface area contributed by atoms with Gasteiger partial charge in [0.25, 0.3) is 0 Å². The van der Waals surface area contributed by atoms with Crippen molar-refractivity contribution in [3.8, 4) is 0 Å². The van der Waals surface area contributed by atoms with E-state index in [1.54, 1.807) is 6.92 Å². The summed E-state index contributed by atoms with van der Waals surface area (Å²) in [6.45, 7) is 3.24. The van der Waals surface area contributed by atoms with Gasteiger partial charge in [0.2, 0.25) is 0 Å². The Bertz CT molecular complexity index is 138. The van der Waals surface area contributed by atoms with Gasteiger partial charge in [-0.2, -0.15) is 0 Å². The zero-order valence-electron chi connectivity index (χ0n) is 7.31. The van der Waals surface area contributed by atoms with E-state index in [0.29, 0.717) is 13.0 Å². The lowest BCUT2D eigenvalue weighted by molar-refractivity contribution is 0.0404. The minimum atomic E-state index is -1.15. The maximum Gasteiger partial charge on any atom is 0.138 e. The molecule has 1 rings (SSSR count). The number of hydrogen-bond acceptors (Lipinski definition) is 2. The highest BCUT2D eigenvalue weighted by molar-refractivity contribution is 4.92. The summed E-state index contributed by atoms with van der Waals surface area (Å²) in [5, 5.41) is 0. The smallest absolute Gasteiger partial charge is 0.138 e. The molecule has 0 aliphatic carbocycles. The van der Waals surface area contributed by atoms with Gasteiger partial charge in [0.15, 0.2) is 0 Å². The molecule has 0 aromatic rings. The minimum absolute atomic E-state index is 0.342. The molecule has 0 spiro atoms. The summed E-state index contributed by atoms with van der Waals surface area (Å²) < 4.78 is 13.8. The van der Waals surface area contributed by atoms with Gasteiger partial charge in [-0.15, -0.1) is 0 Å². The molecule has 66 valence electrons. The minimum Gasteiger partial charge on any atom is -0.325 e. The lowest BCUT2D eigenvalue weighted by Crippen LogP contribution is -2.53. The number of halogens is 1. The van der Waals surface area contributed by atoms with Gasteiger partial charge in [-0.3, -0.25) is 0 Å². The first-order valence-electron chi connectivity index (χ1n) is 4.18. The fraction of sp³-hybridized carbons (Fsp3) is 1.00. The van der Waals surface area contributed by atoms with Gasteiger partial charge in [-0.05, 0) is 33.4 Å². The van der Waals surface area contributed by atoms with Gasteiger partial charge in [0.1, 0.15) is 5.67 Å². The summed E-state index contributed by atoms with van der Waals surface area (Å²) in [6, 6.07) is -0.342. The summed E-state index contributed by atoms with van der Waals surface area (Å²) in [6.07, 6.45) is 1.55. The normalized spacial score (nSPS) is 37.1. The monoisotopic (exact) mass is 160 g/mol. The highest BCUT2D eigenvalue weighted by Gasteiger charge is 2.37. The van der Waals surface area contributed by atoms with Crippen molar-refractivity contribution in [3.05, 3.63) is 0 Å². The van der Waals surface area contributed by atoms with Crippen LogP contribution in [0.1, 0.15) is 19.8 Å². The van der Waals surface area contributed by atoms with Crippen molar-refractivity contribution < 1.29 is 4.39 Å². The Morgan fingerprint density at radius 3 is 2.64 bits per heavy atom. The molecule has 1 aliphatic rings. The van der Waals surface area contributed by atoms with Gasteiger partial charge in [0.05, 0.1) is 0 Å². The molecule has 0 bridgehead atoms. The van der Waals surface area contributed by atoms with Crippen LogP contribution in [-0.2, 0) is 0 Å². The molecule has 1 heterocycles. The zero-order valence-corrected chi connectivity index (χ0v) is 7.31. The number of nitrogens with two attached hydrogens (primary N) is 1. The molecular weight excluding hydrogens is 143 g/mol. The number of alkyl halides is 1. The van der Waals surface area contributed by atoms with Crippen LogP contribution in [-0.4, -0.2) is 36.7 Å². The van der Waals surface area contributed by atoms with E-state index in [-0.39, 0.29) is 6.04 Å². The predicted molar refractivity (Wildman–Crippen MR) is 44.2 cm³/mol. The number of hydrogen-bond donors (Lipinski definition) is 1. The maximum absolute atomic E-state index is 13.8. The molecule has 0 aromatic carbocycles. The Labute approximate surface area is 67.6 Å². The van der Waals surface area contributed by atoms with E-state index in [4.69, 9.17) is 5.73 Å². The summed E-state index contributed by atoms with van der Waals surface area (Å²) in [7, 11) is 1.94. The van der Waals surface area contributed by atoms with Gasteiger partial charge < -0.3 is 10.6 Å². The molecule has 0 saturated carbocycles. The molecule has 2 nitrogen and oxygen atoms in total. The van der Waals surface area contributed by atoms with Crippen molar-refractivity contribution in [3.63, 3.8) is 0 Å². The fourth-order valence-electron chi connectivity index (χ4n) is 1.62. The van der Waals surface area contributed by atoms with Crippen LogP contribution < -0.4 is 5.73 Å². The standard InChI is InChI=1S/C8H17FN2/c1-7(10)8(9)4-3-5-11(2)6-8/h7H,3-6,10H2,1-2H3. The summed E-state index contributed by atoms with van der Waals surface area (Å²) in [5.41, 5.74) is 4.42. The van der Waals surface area contributed by atoms with Crippen LogP contribution in [0.15, 0.2) is 0 Å². The summed E-state index contributed by atoms with van der Waals surface area (Å²) >= 11 is 0. The second kappa shape index (κ2) is 3.07. The molecule has 11 heavy (non-hydrogen) atoms. The molecule has 3 heteroatoms. The van der Waals surface area contributed by atoms with E-state index in [1.165, 1.54) is 0 Å². The Morgan fingerprint density at radius 2 is 2.27 bits per heavy atom. The first-order chi connectivity index (χ1) is 5.04. The molecule has 0 radical (unpaired) electrons. The summed E-state index contributed by atoms with van der Waals surface area (Å²) in [4.78, 5) is 2.01. The Balaban J connectivity index is 2.55. The van der Waals surface area contributed by atoms with Crippen LogP contribution in [0.5, 0.6) is 0 Å². The van der Waals surface area contributed by atoms with E-state index < -0.39 is 5.67 Å². The second-order valence-corrected chi connectivity index (χ2v) is 3.66. The highest BCUT2D eigenvalue weighted by atomic mass is 19.1. The van der Waals surface area contributed by atoms with Crippen LogP contribution >= 0.6 is 0 Å². The molecule has 2 unspecified atom stereocenters. The highest BCUT2D eigenvalue weighted by Crippen LogP contribution is 2.26. The van der Waals surface area contributed by atoms with Crippen molar-refractivity contribution in [2.45, 2.75) is 31.5 Å².